The second-order valence-electron chi connectivity index (χ2n) is 29.2. The van der Waals surface area contributed by atoms with Crippen molar-refractivity contribution in [1.82, 2.24) is 59.1 Å². The maximum atomic E-state index is 12.9. The molecule has 36 heteroatoms. The zero-order valence-electron chi connectivity index (χ0n) is 72.1. The number of aromatic nitrogens is 12. The Morgan fingerprint density at radius 2 is 0.586 bits per heavy atom. The molecule has 0 radical (unpaired) electrons. The molecule has 0 saturated carbocycles. The Balaban J connectivity index is 0.000000151. The number of amides is 4. The number of hydrogen-bond donors (Lipinski definition) is 8. The number of nitrogens with one attached hydrogen (secondary N) is 8. The van der Waals surface area contributed by atoms with Gasteiger partial charge >= 0.3 is 12.7 Å². The van der Waals surface area contributed by atoms with Crippen LogP contribution in [0.15, 0.2) is 303 Å². The van der Waals surface area contributed by atoms with Crippen molar-refractivity contribution in [1.29, 1.82) is 0 Å². The van der Waals surface area contributed by atoms with Crippen LogP contribution in [-0.4, -0.2) is 116 Å². The number of aryl methyl sites for hydroxylation is 4. The van der Waals surface area contributed by atoms with Gasteiger partial charge in [-0.05, 0) is 224 Å². The third kappa shape index (κ3) is 27.1. The van der Waals surface area contributed by atoms with Crippen LogP contribution in [0.4, 0.5) is 73.9 Å². The topological polar surface area (TPSA) is 324 Å². The highest BCUT2D eigenvalue weighted by molar-refractivity contribution is 6.31. The standard InChI is InChI=1S/2C25H22F3N5O3.C24H22ClN5O.C23H20ClN5O/c1-16-6-3-4-9-21(16)22(34)30-24-31-23(29-15-17-7-5-8-20(14-17)35-2)32-33(24)18-10-12-19(13-11-18)36-25(26,27)28;1-16-5-3-4-6-21(16)22(34)30-24-31-23(29-15-17-7-11-19(35-2)12-8-17)32-33(24)18-9-13-20(14-10-18)36-25(26,27)28;1-17-7-5-6-10-21(17)22(31)27-24-28-23(26-16-15-18-8-3-2-4-9-18)29-30(24)20-13-11-19(25)12-14-20;1-16-7-5-6-10-20(16)21(30)26-23-27-22(25-15-17-8-3-2-4-9-17)28-29(23)19-13-11-18(24)12-14-19/h2*3-14H,15H2,1-2H3,(H2,29,30,31,32,34);2-14H,15-16H2,1H3,(H2,26,27,28,29,31);2-14H,15H2,1H3,(H2,25,26,27,28,30). The van der Waals surface area contributed by atoms with E-state index in [2.05, 4.69) is 104 Å². The molecular weight excluding hydrogens is 1760 g/mol. The molecule has 678 valence electrons. The van der Waals surface area contributed by atoms with Crippen LogP contribution in [0, 0.1) is 27.7 Å². The van der Waals surface area contributed by atoms with Gasteiger partial charge in [-0.3, -0.25) is 40.4 Å². The fourth-order valence-electron chi connectivity index (χ4n) is 12.9. The fourth-order valence-corrected chi connectivity index (χ4v) is 13.2. The number of nitrogens with zero attached hydrogens (tertiary/aromatic N) is 12. The van der Waals surface area contributed by atoms with E-state index in [1.54, 1.807) is 110 Å². The fraction of sp³-hybridized carbons (Fsp3) is 0.134. The summed E-state index contributed by atoms with van der Waals surface area (Å²) in [5.41, 5.74) is 11.8. The molecule has 0 saturated heterocycles. The molecule has 28 nitrogen and oxygen atoms in total. The lowest BCUT2D eigenvalue weighted by Crippen LogP contribution is -2.17. The Hall–Kier alpha value is -16.4. The molecule has 0 unspecified atom stereocenters. The summed E-state index contributed by atoms with van der Waals surface area (Å²) in [6, 6.07) is 88.4. The molecule has 0 bridgehead atoms. The van der Waals surface area contributed by atoms with Crippen molar-refractivity contribution >= 4 is 94.4 Å². The summed E-state index contributed by atoms with van der Waals surface area (Å²) in [6.45, 7) is 9.39. The molecular formula is C97H86Cl2F6N20O8. The predicted octanol–water partition coefficient (Wildman–Crippen LogP) is 20.9. The highest BCUT2D eigenvalue weighted by atomic mass is 35.5. The van der Waals surface area contributed by atoms with Crippen LogP contribution >= 0.6 is 23.2 Å². The monoisotopic (exact) mass is 1840 g/mol. The Morgan fingerprint density at radius 3 is 0.910 bits per heavy atom. The van der Waals surface area contributed by atoms with E-state index in [0.717, 1.165) is 86.8 Å². The van der Waals surface area contributed by atoms with E-state index < -0.39 is 24.5 Å². The van der Waals surface area contributed by atoms with Crippen molar-refractivity contribution in [2.75, 3.05) is 63.3 Å². The molecule has 0 spiro atoms. The summed E-state index contributed by atoms with van der Waals surface area (Å²) in [6.07, 6.45) is -8.78. The number of anilines is 8. The molecule has 0 aliphatic rings. The van der Waals surface area contributed by atoms with E-state index in [9.17, 15) is 45.5 Å². The Morgan fingerprint density at radius 1 is 0.308 bits per heavy atom. The van der Waals surface area contributed by atoms with Gasteiger partial charge in [0.2, 0.25) is 47.6 Å². The maximum Gasteiger partial charge on any atom is 0.573 e. The molecule has 16 aromatic rings. The molecule has 0 aliphatic heterocycles. The molecule has 0 aliphatic carbocycles. The first kappa shape index (κ1) is 94.3. The van der Waals surface area contributed by atoms with Crippen molar-refractivity contribution in [2.24, 2.45) is 0 Å². The summed E-state index contributed by atoms with van der Waals surface area (Å²) in [7, 11) is 3.16. The van der Waals surface area contributed by atoms with Gasteiger partial charge in [0.25, 0.3) is 23.6 Å². The van der Waals surface area contributed by atoms with Gasteiger partial charge in [-0.15, -0.1) is 46.7 Å². The van der Waals surface area contributed by atoms with Crippen LogP contribution in [0.1, 0.15) is 85.9 Å². The Bertz CT molecular complexity index is 6610. The lowest BCUT2D eigenvalue weighted by atomic mass is 10.1. The number of carbonyl (C=O) groups excluding carboxylic acids is 4. The highest BCUT2D eigenvalue weighted by Crippen LogP contribution is 2.31. The first-order chi connectivity index (χ1) is 64.1. The first-order valence-electron chi connectivity index (χ1n) is 41.0. The third-order valence-corrected chi connectivity index (χ3v) is 20.2. The van der Waals surface area contributed by atoms with Crippen LogP contribution in [0.2, 0.25) is 10.0 Å². The Labute approximate surface area is 769 Å². The average molecular weight is 1840 g/mol. The van der Waals surface area contributed by atoms with Crippen molar-refractivity contribution < 1.29 is 64.5 Å². The zero-order chi connectivity index (χ0) is 94.0. The lowest BCUT2D eigenvalue weighted by molar-refractivity contribution is -0.275. The number of alkyl halides is 6. The van der Waals surface area contributed by atoms with E-state index in [4.69, 9.17) is 32.7 Å². The van der Waals surface area contributed by atoms with Gasteiger partial charge in [0, 0.05) is 58.5 Å². The number of hydrogen-bond acceptors (Lipinski definition) is 20. The summed E-state index contributed by atoms with van der Waals surface area (Å²) < 4.78 is 99.2. The number of ether oxygens (including phenoxy) is 4. The quantitative estimate of drug-likeness (QED) is 0.0202. The molecule has 4 amide bonds. The second-order valence-corrected chi connectivity index (χ2v) is 30.1. The van der Waals surface area contributed by atoms with Gasteiger partial charge in [-0.25, -0.2) is 0 Å². The van der Waals surface area contributed by atoms with E-state index >= 15 is 0 Å². The minimum absolute atomic E-state index is 0.0842. The molecule has 8 N–H and O–H groups in total. The van der Waals surface area contributed by atoms with Crippen molar-refractivity contribution in [3.05, 3.63) is 380 Å². The van der Waals surface area contributed by atoms with Crippen molar-refractivity contribution in [2.45, 2.75) is 66.5 Å². The second kappa shape index (κ2) is 44.6. The number of methoxy groups -OCH3 is 2. The van der Waals surface area contributed by atoms with Gasteiger partial charge in [0.1, 0.15) is 23.0 Å². The largest absolute Gasteiger partial charge is 0.573 e. The number of halogens is 8. The maximum absolute atomic E-state index is 12.9. The van der Waals surface area contributed by atoms with E-state index in [0.29, 0.717) is 99.4 Å². The van der Waals surface area contributed by atoms with Crippen LogP contribution in [0.3, 0.4) is 0 Å². The van der Waals surface area contributed by atoms with Crippen molar-refractivity contribution in [3.8, 4) is 45.7 Å². The minimum Gasteiger partial charge on any atom is -0.497 e. The zero-order valence-corrected chi connectivity index (χ0v) is 73.6. The molecule has 16 rings (SSSR count). The minimum atomic E-state index is -4.81. The van der Waals surface area contributed by atoms with E-state index in [1.807, 2.05) is 184 Å². The number of carbonyl (C=O) groups is 4. The van der Waals surface area contributed by atoms with Crippen LogP contribution in [-0.2, 0) is 26.1 Å². The molecule has 4 heterocycles. The number of benzene rings is 12. The van der Waals surface area contributed by atoms with Crippen molar-refractivity contribution in [3.63, 3.8) is 0 Å². The molecule has 133 heavy (non-hydrogen) atoms. The van der Waals surface area contributed by atoms with Gasteiger partial charge in [-0.1, -0.05) is 181 Å². The highest BCUT2D eigenvalue weighted by Gasteiger charge is 2.33. The third-order valence-electron chi connectivity index (χ3n) is 19.7. The average Bonchev–Trinajstić information content (AvgIpc) is 1.68. The van der Waals surface area contributed by atoms with Crippen LogP contribution in [0.5, 0.6) is 23.0 Å². The van der Waals surface area contributed by atoms with E-state index in [1.165, 1.54) is 39.2 Å². The molecule has 4 aromatic heterocycles. The van der Waals surface area contributed by atoms with Gasteiger partial charge in [-0.2, -0.15) is 38.7 Å². The van der Waals surface area contributed by atoms with E-state index in [-0.39, 0.29) is 47.1 Å². The Kier molecular flexibility index (Phi) is 31.6. The molecule has 0 fully saturated rings. The summed E-state index contributed by atoms with van der Waals surface area (Å²) in [5.74, 6) is 1.45. The summed E-state index contributed by atoms with van der Waals surface area (Å²) in [4.78, 5) is 69.3. The van der Waals surface area contributed by atoms with Gasteiger partial charge in [0.15, 0.2) is 0 Å². The smallest absolute Gasteiger partial charge is 0.497 e. The first-order valence-corrected chi connectivity index (χ1v) is 41.8. The number of rotatable bonds is 29. The van der Waals surface area contributed by atoms with Gasteiger partial charge < -0.3 is 40.2 Å². The van der Waals surface area contributed by atoms with Crippen LogP contribution in [0.25, 0.3) is 22.7 Å². The molecule has 0 atom stereocenters. The van der Waals surface area contributed by atoms with Gasteiger partial charge in [0.05, 0.1) is 37.0 Å². The predicted molar refractivity (Wildman–Crippen MR) is 498 cm³/mol. The normalized spacial score (nSPS) is 10.9. The SMILES string of the molecule is COc1ccc(CNc2nc(NC(=O)c3ccccc3C)n(-c3ccc(OC(F)(F)F)cc3)n2)cc1.COc1cccc(CNc2nc(NC(=O)c3ccccc3C)n(-c3ccc(OC(F)(F)F)cc3)n2)c1.Cc1ccccc1C(=O)Nc1nc(NCCc2ccccc2)nn1-c1ccc(Cl)cc1.Cc1ccccc1C(=O)Nc1nc(NCc2ccccc2)nn1-c1ccc(Cl)cc1. The van der Waals surface area contributed by atoms with Crippen LogP contribution < -0.4 is 61.5 Å². The molecule has 12 aromatic carbocycles. The summed E-state index contributed by atoms with van der Waals surface area (Å²) >= 11 is 12.0. The summed E-state index contributed by atoms with van der Waals surface area (Å²) in [5, 5.41) is 43.0. The lowest BCUT2D eigenvalue weighted by Gasteiger charge is -2.11.